The van der Waals surface area contributed by atoms with E-state index >= 15 is 0 Å². The Kier molecular flexibility index (Phi) is 4.86. The number of carbonyl (C=O) groups excluding carboxylic acids is 1. The fraction of sp³-hybridized carbons (Fsp3) is 0.100. The van der Waals surface area contributed by atoms with Crippen molar-refractivity contribution >= 4 is 38.4 Å². The second-order valence-electron chi connectivity index (χ2n) is 6.06. The number of aromatic nitrogens is 3. The molecule has 4 rings (SSSR count). The van der Waals surface area contributed by atoms with Crippen LogP contribution in [0.3, 0.4) is 0 Å². The highest BCUT2D eigenvalue weighted by Crippen LogP contribution is 2.39. The Labute approximate surface area is 165 Å². The van der Waals surface area contributed by atoms with Crippen molar-refractivity contribution in [1.29, 1.82) is 0 Å². The van der Waals surface area contributed by atoms with E-state index in [1.54, 1.807) is 24.7 Å². The molecule has 0 saturated carbocycles. The number of hydrogen-bond donors (Lipinski definition) is 3. The van der Waals surface area contributed by atoms with Crippen LogP contribution in [0.2, 0.25) is 0 Å². The zero-order chi connectivity index (χ0) is 19.5. The molecule has 0 bridgehead atoms. The zero-order valence-corrected chi connectivity index (χ0v) is 16.0. The summed E-state index contributed by atoms with van der Waals surface area (Å²) in [6.07, 6.45) is 5.24. The second-order valence-corrected chi connectivity index (χ2v) is 7.06. The average Bonchev–Trinajstić information content (AvgIpc) is 3.11. The highest BCUT2D eigenvalue weighted by atomic mass is 32.1. The third kappa shape index (κ3) is 3.49. The Morgan fingerprint density at radius 3 is 2.79 bits per heavy atom. The van der Waals surface area contributed by atoms with E-state index in [0.29, 0.717) is 23.1 Å². The number of nitrogen functional groups attached to an aromatic ring is 1. The number of rotatable bonds is 4. The van der Waals surface area contributed by atoms with Gasteiger partial charge in [-0.2, -0.15) is 0 Å². The molecule has 0 saturated heterocycles. The van der Waals surface area contributed by atoms with E-state index in [2.05, 4.69) is 25.6 Å². The number of hydrogen-bond acceptors (Lipinski definition) is 6. The maximum atomic E-state index is 11.9. The monoisotopic (exact) mass is 390 g/mol. The lowest BCUT2D eigenvalue weighted by Crippen LogP contribution is -2.28. The van der Waals surface area contributed by atoms with Crippen LogP contribution in [-0.2, 0) is 0 Å². The molecule has 2 amide bonds. The van der Waals surface area contributed by atoms with E-state index < -0.39 is 0 Å². The van der Waals surface area contributed by atoms with Crippen molar-refractivity contribution in [3.05, 3.63) is 55.0 Å². The summed E-state index contributed by atoms with van der Waals surface area (Å²) < 4.78 is 0.907. The third-order valence-electron chi connectivity index (χ3n) is 4.14. The summed E-state index contributed by atoms with van der Waals surface area (Å²) in [7, 11) is 0. The molecule has 0 aliphatic rings. The fourth-order valence-corrected chi connectivity index (χ4v) is 3.86. The summed E-state index contributed by atoms with van der Waals surface area (Å²) in [5.41, 5.74) is 11.0. The standard InChI is InChI=1S/C20H18N6OS/c1-2-23-19(27)26-20-25-16-10-13(12-5-3-7-22-11-12)9-14(18(16)28-20)17-15(21)6-4-8-24-17/h3-11H,2,21H2,1H3,(H2,23,25,26,27). The number of amides is 2. The molecule has 0 aliphatic carbocycles. The van der Waals surface area contributed by atoms with Crippen molar-refractivity contribution in [2.45, 2.75) is 6.92 Å². The molecule has 3 aromatic heterocycles. The van der Waals surface area contributed by atoms with Crippen molar-refractivity contribution in [1.82, 2.24) is 20.3 Å². The molecule has 0 fully saturated rings. The van der Waals surface area contributed by atoms with Crippen molar-refractivity contribution in [2.75, 3.05) is 17.6 Å². The quantitative estimate of drug-likeness (QED) is 0.485. The number of benzene rings is 1. The minimum Gasteiger partial charge on any atom is -0.397 e. The van der Waals surface area contributed by atoms with Gasteiger partial charge in [0.2, 0.25) is 0 Å². The summed E-state index contributed by atoms with van der Waals surface area (Å²) in [6.45, 7) is 2.40. The first-order valence-corrected chi connectivity index (χ1v) is 9.58. The Morgan fingerprint density at radius 2 is 2.04 bits per heavy atom. The molecular formula is C20H18N6OS. The van der Waals surface area contributed by atoms with E-state index in [1.165, 1.54) is 11.3 Å². The molecule has 7 nitrogen and oxygen atoms in total. The second kappa shape index (κ2) is 7.61. The van der Waals surface area contributed by atoms with E-state index in [0.717, 1.165) is 26.9 Å². The van der Waals surface area contributed by atoms with Crippen molar-refractivity contribution < 1.29 is 4.79 Å². The molecule has 0 atom stereocenters. The van der Waals surface area contributed by atoms with Gasteiger partial charge in [0.1, 0.15) is 0 Å². The summed E-state index contributed by atoms with van der Waals surface area (Å²) in [6, 6.07) is 11.2. The number of nitrogens with zero attached hydrogens (tertiary/aromatic N) is 3. The van der Waals surface area contributed by atoms with E-state index in [9.17, 15) is 4.79 Å². The van der Waals surface area contributed by atoms with Gasteiger partial charge < -0.3 is 11.1 Å². The van der Waals surface area contributed by atoms with Gasteiger partial charge in [-0.3, -0.25) is 15.3 Å². The molecule has 4 aromatic rings. The van der Waals surface area contributed by atoms with Gasteiger partial charge in [-0.15, -0.1) is 0 Å². The zero-order valence-electron chi connectivity index (χ0n) is 15.1. The summed E-state index contributed by atoms with van der Waals surface area (Å²) >= 11 is 1.39. The largest absolute Gasteiger partial charge is 0.397 e. The van der Waals surface area contributed by atoms with E-state index in [4.69, 9.17) is 5.73 Å². The maximum Gasteiger partial charge on any atom is 0.321 e. The maximum absolute atomic E-state index is 11.9. The van der Waals surface area contributed by atoms with Crippen LogP contribution in [0.4, 0.5) is 15.6 Å². The summed E-state index contributed by atoms with van der Waals surface area (Å²) in [5, 5.41) is 6.00. The molecule has 140 valence electrons. The molecule has 0 unspecified atom stereocenters. The number of carbonyl (C=O) groups is 1. The molecule has 1 aromatic carbocycles. The van der Waals surface area contributed by atoms with Crippen LogP contribution in [0, 0.1) is 0 Å². The van der Waals surface area contributed by atoms with Gasteiger partial charge in [-0.25, -0.2) is 9.78 Å². The summed E-state index contributed by atoms with van der Waals surface area (Å²) in [5.74, 6) is 0. The van der Waals surface area contributed by atoms with Crippen molar-refractivity contribution in [3.63, 3.8) is 0 Å². The Balaban J connectivity index is 1.90. The molecule has 4 N–H and O–H groups in total. The normalized spacial score (nSPS) is 10.8. The topological polar surface area (TPSA) is 106 Å². The predicted molar refractivity (Wildman–Crippen MR) is 113 cm³/mol. The summed E-state index contributed by atoms with van der Waals surface area (Å²) in [4.78, 5) is 25.2. The highest BCUT2D eigenvalue weighted by Gasteiger charge is 2.16. The SMILES string of the molecule is CCNC(=O)Nc1nc2cc(-c3cccnc3)cc(-c3ncccc3N)c2s1. The van der Waals surface area contributed by atoms with Crippen LogP contribution in [0.5, 0.6) is 0 Å². The number of thiazole rings is 1. The molecule has 8 heteroatoms. The molecule has 3 heterocycles. The Hall–Kier alpha value is -3.52. The lowest BCUT2D eigenvalue weighted by molar-refractivity contribution is 0.252. The van der Waals surface area contributed by atoms with Crippen LogP contribution < -0.4 is 16.4 Å². The van der Waals surface area contributed by atoms with Crippen molar-refractivity contribution in [3.8, 4) is 22.4 Å². The number of anilines is 2. The minimum absolute atomic E-state index is 0.284. The Morgan fingerprint density at radius 1 is 1.18 bits per heavy atom. The van der Waals surface area contributed by atoms with Crippen LogP contribution in [0.1, 0.15) is 6.92 Å². The molecule has 28 heavy (non-hydrogen) atoms. The molecule has 0 radical (unpaired) electrons. The molecule has 0 spiro atoms. The number of urea groups is 1. The number of fused-ring (bicyclic) bond motifs is 1. The van der Waals surface area contributed by atoms with Crippen LogP contribution >= 0.6 is 11.3 Å². The molecule has 0 aliphatic heterocycles. The number of nitrogens with two attached hydrogens (primary N) is 1. The fourth-order valence-electron chi connectivity index (χ4n) is 2.91. The lowest BCUT2D eigenvalue weighted by atomic mass is 10.0. The average molecular weight is 390 g/mol. The van der Waals surface area contributed by atoms with E-state index in [-0.39, 0.29) is 6.03 Å². The third-order valence-corrected chi connectivity index (χ3v) is 5.16. The lowest BCUT2D eigenvalue weighted by Gasteiger charge is -2.08. The van der Waals surface area contributed by atoms with Crippen molar-refractivity contribution in [2.24, 2.45) is 0 Å². The van der Waals surface area contributed by atoms with Gasteiger partial charge in [0.25, 0.3) is 0 Å². The first-order valence-electron chi connectivity index (χ1n) is 8.76. The van der Waals surface area contributed by atoms with Gasteiger partial charge in [-0.1, -0.05) is 17.4 Å². The highest BCUT2D eigenvalue weighted by molar-refractivity contribution is 7.22. The number of nitrogens with one attached hydrogen (secondary N) is 2. The first kappa shape index (κ1) is 17.9. The Bertz CT molecular complexity index is 1140. The van der Waals surface area contributed by atoms with E-state index in [1.807, 2.05) is 37.3 Å². The predicted octanol–water partition coefficient (Wildman–Crippen LogP) is 4.14. The minimum atomic E-state index is -0.284. The van der Waals surface area contributed by atoms with Gasteiger partial charge in [-0.05, 0) is 42.8 Å². The van der Waals surface area contributed by atoms with Crippen LogP contribution in [0.25, 0.3) is 32.6 Å². The smallest absolute Gasteiger partial charge is 0.321 e. The van der Waals surface area contributed by atoms with Gasteiger partial charge in [0.15, 0.2) is 5.13 Å². The van der Waals surface area contributed by atoms with Gasteiger partial charge in [0.05, 0.1) is 21.6 Å². The van der Waals surface area contributed by atoms with Gasteiger partial charge >= 0.3 is 6.03 Å². The molecular weight excluding hydrogens is 372 g/mol. The van der Waals surface area contributed by atoms with Crippen LogP contribution in [0.15, 0.2) is 55.0 Å². The number of pyridine rings is 2. The van der Waals surface area contributed by atoms with Crippen LogP contribution in [-0.4, -0.2) is 27.5 Å². The first-order chi connectivity index (χ1) is 13.7. The van der Waals surface area contributed by atoms with Gasteiger partial charge in [0, 0.05) is 36.3 Å².